The normalized spacial score (nSPS) is 20.8. The van der Waals surface area contributed by atoms with E-state index in [0.717, 1.165) is 36.9 Å². The number of nitrogens with zero attached hydrogens (tertiary/aromatic N) is 2. The zero-order valence-electron chi connectivity index (χ0n) is 19.5. The summed E-state index contributed by atoms with van der Waals surface area (Å²) in [5.74, 6) is -0.730. The highest BCUT2D eigenvalue weighted by Crippen LogP contribution is 2.34. The van der Waals surface area contributed by atoms with Crippen molar-refractivity contribution in [1.82, 2.24) is 14.8 Å². The van der Waals surface area contributed by atoms with E-state index in [1.54, 1.807) is 17.0 Å². The molecule has 34 heavy (non-hydrogen) atoms. The number of rotatable bonds is 5. The predicted octanol–water partition coefficient (Wildman–Crippen LogP) is 5.16. The van der Waals surface area contributed by atoms with Gasteiger partial charge in [0.1, 0.15) is 17.1 Å². The smallest absolute Gasteiger partial charge is 0.271 e. The Bertz CT molecular complexity index is 1200. The van der Waals surface area contributed by atoms with Gasteiger partial charge in [-0.05, 0) is 55.2 Å². The van der Waals surface area contributed by atoms with Crippen LogP contribution >= 0.6 is 0 Å². The molecule has 3 aromatic rings. The average Bonchev–Trinajstić information content (AvgIpc) is 3.26. The quantitative estimate of drug-likeness (QED) is 0.573. The monoisotopic (exact) mass is 459 g/mol. The lowest BCUT2D eigenvalue weighted by Gasteiger charge is -2.45. The zero-order valence-corrected chi connectivity index (χ0v) is 19.5. The second-order valence-corrected chi connectivity index (χ2v) is 9.66. The van der Waals surface area contributed by atoms with E-state index < -0.39 is 5.54 Å². The van der Waals surface area contributed by atoms with E-state index in [2.05, 4.69) is 5.32 Å². The second kappa shape index (κ2) is 9.09. The maximum absolute atomic E-state index is 13.9. The molecule has 5 nitrogen and oxygen atoms in total. The highest BCUT2D eigenvalue weighted by atomic mass is 19.1. The molecule has 5 rings (SSSR count). The fourth-order valence-corrected chi connectivity index (χ4v) is 5.29. The van der Waals surface area contributed by atoms with E-state index >= 15 is 0 Å². The van der Waals surface area contributed by atoms with Crippen LogP contribution in [0.4, 0.5) is 4.39 Å². The molecule has 2 amide bonds. The number of carbonyl (C=O) groups is 2. The summed E-state index contributed by atoms with van der Waals surface area (Å²) in [7, 11) is 0. The van der Waals surface area contributed by atoms with E-state index in [-0.39, 0.29) is 30.2 Å². The molecule has 1 saturated carbocycles. The molecular formula is C28H30FN3O2. The molecule has 6 heteroatoms. The van der Waals surface area contributed by atoms with Gasteiger partial charge in [0.2, 0.25) is 5.91 Å². The van der Waals surface area contributed by atoms with Crippen molar-refractivity contribution in [2.75, 3.05) is 0 Å². The Kier molecular flexibility index (Phi) is 5.98. The third-order valence-corrected chi connectivity index (χ3v) is 7.24. The summed E-state index contributed by atoms with van der Waals surface area (Å²) in [5, 5.41) is 3.24. The Morgan fingerprint density at radius 1 is 1.00 bits per heavy atom. The van der Waals surface area contributed by atoms with Crippen LogP contribution in [0.3, 0.4) is 0 Å². The van der Waals surface area contributed by atoms with Crippen molar-refractivity contribution in [3.63, 3.8) is 0 Å². The van der Waals surface area contributed by atoms with E-state index in [0.29, 0.717) is 17.8 Å². The first kappa shape index (κ1) is 22.4. The van der Waals surface area contributed by atoms with Gasteiger partial charge in [-0.1, -0.05) is 61.7 Å². The number of benzene rings is 2. The first-order valence-corrected chi connectivity index (χ1v) is 12.1. The number of nitrogens with one attached hydrogen (secondary N) is 1. The lowest BCUT2D eigenvalue weighted by molar-refractivity contribution is -0.134. The minimum Gasteiger partial charge on any atom is -0.351 e. The molecule has 176 valence electrons. The van der Waals surface area contributed by atoms with Gasteiger partial charge < -0.3 is 14.8 Å². The molecule has 2 aromatic carbocycles. The van der Waals surface area contributed by atoms with Crippen molar-refractivity contribution in [2.45, 2.75) is 63.7 Å². The number of fused-ring (bicyclic) bond motifs is 1. The number of halogens is 1. The van der Waals surface area contributed by atoms with E-state index in [9.17, 15) is 14.0 Å². The lowest BCUT2D eigenvalue weighted by Crippen LogP contribution is -2.64. The zero-order chi connectivity index (χ0) is 23.7. The van der Waals surface area contributed by atoms with Crippen LogP contribution in [0.15, 0.2) is 66.7 Å². The summed E-state index contributed by atoms with van der Waals surface area (Å²) in [6, 6.07) is 20.0. The third kappa shape index (κ3) is 4.13. The summed E-state index contributed by atoms with van der Waals surface area (Å²) in [6.07, 6.45) is 5.33. The molecular weight excluding hydrogens is 429 g/mol. The van der Waals surface area contributed by atoms with Crippen LogP contribution < -0.4 is 5.32 Å². The van der Waals surface area contributed by atoms with Crippen LogP contribution in [0.5, 0.6) is 0 Å². The number of aromatic nitrogens is 1. The molecule has 0 saturated heterocycles. The average molecular weight is 460 g/mol. The summed E-state index contributed by atoms with van der Waals surface area (Å²) in [5.41, 5.74) is 1.99. The van der Waals surface area contributed by atoms with Gasteiger partial charge in [-0.25, -0.2) is 4.39 Å². The largest absolute Gasteiger partial charge is 0.351 e. The summed E-state index contributed by atoms with van der Waals surface area (Å²) in [4.78, 5) is 29.2. The topological polar surface area (TPSA) is 54.3 Å². The minimum absolute atomic E-state index is 0.129. The Morgan fingerprint density at radius 3 is 2.47 bits per heavy atom. The van der Waals surface area contributed by atoms with Crippen molar-refractivity contribution in [3.8, 4) is 11.3 Å². The molecule has 1 aliphatic carbocycles. The Hall–Kier alpha value is -3.41. The van der Waals surface area contributed by atoms with E-state index in [1.165, 1.54) is 18.6 Å². The molecule has 1 fully saturated rings. The first-order chi connectivity index (χ1) is 16.5. The van der Waals surface area contributed by atoms with E-state index in [4.69, 9.17) is 0 Å². The maximum atomic E-state index is 13.9. The van der Waals surface area contributed by atoms with Crippen molar-refractivity contribution >= 4 is 11.8 Å². The molecule has 1 atom stereocenters. The van der Waals surface area contributed by atoms with Crippen LogP contribution in [0, 0.1) is 5.82 Å². The molecule has 0 unspecified atom stereocenters. The molecule has 0 radical (unpaired) electrons. The summed E-state index contributed by atoms with van der Waals surface area (Å²) >= 11 is 0. The first-order valence-electron chi connectivity index (χ1n) is 12.1. The van der Waals surface area contributed by atoms with Gasteiger partial charge in [0.15, 0.2) is 0 Å². The van der Waals surface area contributed by atoms with Gasteiger partial charge in [-0.3, -0.25) is 9.59 Å². The fourth-order valence-electron chi connectivity index (χ4n) is 5.29. The number of hydrogen-bond donors (Lipinski definition) is 1. The number of amides is 2. The molecule has 0 spiro atoms. The van der Waals surface area contributed by atoms with Crippen molar-refractivity contribution in [2.24, 2.45) is 0 Å². The van der Waals surface area contributed by atoms with Gasteiger partial charge in [-0.2, -0.15) is 0 Å². The Labute approximate surface area is 199 Å². The maximum Gasteiger partial charge on any atom is 0.271 e. The fraction of sp³-hybridized carbons (Fsp3) is 0.357. The standard InChI is InChI=1S/C28H30FN3O2/c1-28(27(34)30-23-13-6-3-7-14-23)19-31-24(21-10-4-2-5-11-21)15-16-25(31)26(33)32(28)18-20-9-8-12-22(29)17-20/h2,4-5,8-12,15-17,23H,3,6-7,13-14,18-19H2,1H3,(H,30,34)/t28-/m0/s1. The molecule has 1 aliphatic heterocycles. The van der Waals surface area contributed by atoms with Crippen molar-refractivity contribution in [3.05, 3.63) is 83.8 Å². The molecule has 0 bridgehead atoms. The van der Waals surface area contributed by atoms with Gasteiger partial charge in [0.25, 0.3) is 5.91 Å². The Morgan fingerprint density at radius 2 is 1.74 bits per heavy atom. The van der Waals surface area contributed by atoms with Gasteiger partial charge in [0.05, 0.1) is 6.54 Å². The van der Waals surface area contributed by atoms with Crippen molar-refractivity contribution < 1.29 is 14.0 Å². The predicted molar refractivity (Wildman–Crippen MR) is 130 cm³/mol. The summed E-state index contributed by atoms with van der Waals surface area (Å²) in [6.45, 7) is 2.33. The summed E-state index contributed by atoms with van der Waals surface area (Å²) < 4.78 is 15.9. The SMILES string of the molecule is C[C@@]1(C(=O)NC2CCCCC2)Cn2c(ccc2-c2ccccc2)C(=O)N1Cc1cccc(F)c1. The van der Waals surface area contributed by atoms with E-state index in [1.807, 2.05) is 54.0 Å². The number of carbonyl (C=O) groups excluding carboxylic acids is 2. The van der Waals surface area contributed by atoms with Gasteiger partial charge >= 0.3 is 0 Å². The lowest BCUT2D eigenvalue weighted by atomic mass is 9.91. The van der Waals surface area contributed by atoms with Gasteiger partial charge in [0, 0.05) is 18.3 Å². The minimum atomic E-state index is -1.11. The molecule has 2 aliphatic rings. The molecule has 2 heterocycles. The van der Waals surface area contributed by atoms with Crippen LogP contribution in [0.2, 0.25) is 0 Å². The third-order valence-electron chi connectivity index (χ3n) is 7.24. The van der Waals surface area contributed by atoms with Crippen LogP contribution in [-0.2, 0) is 17.9 Å². The molecule has 1 aromatic heterocycles. The highest BCUT2D eigenvalue weighted by molar-refractivity contribution is 6.00. The van der Waals surface area contributed by atoms with Crippen LogP contribution in [0.25, 0.3) is 11.3 Å². The second-order valence-electron chi connectivity index (χ2n) is 9.66. The highest BCUT2D eigenvalue weighted by Gasteiger charge is 2.48. The van der Waals surface area contributed by atoms with Crippen LogP contribution in [0.1, 0.15) is 55.1 Å². The number of hydrogen-bond acceptors (Lipinski definition) is 2. The van der Waals surface area contributed by atoms with Gasteiger partial charge in [-0.15, -0.1) is 0 Å². The van der Waals surface area contributed by atoms with Crippen molar-refractivity contribution in [1.29, 1.82) is 0 Å². The molecule has 1 N–H and O–H groups in total. The Balaban J connectivity index is 1.54. The van der Waals surface area contributed by atoms with Crippen LogP contribution in [-0.4, -0.2) is 32.9 Å².